The highest BCUT2D eigenvalue weighted by molar-refractivity contribution is 5.93. The Balaban J connectivity index is 1.77. The van der Waals surface area contributed by atoms with Crippen LogP contribution in [0.4, 0.5) is 13.2 Å². The van der Waals surface area contributed by atoms with Crippen LogP contribution in [-0.4, -0.2) is 40.2 Å². The van der Waals surface area contributed by atoms with E-state index in [1.807, 2.05) is 6.07 Å². The summed E-state index contributed by atoms with van der Waals surface area (Å²) >= 11 is 0. The molecule has 0 spiro atoms. The number of benzene rings is 1. The maximum Gasteiger partial charge on any atom is 0.439 e. The van der Waals surface area contributed by atoms with Crippen LogP contribution in [0, 0.1) is 17.2 Å². The van der Waals surface area contributed by atoms with Crippen LogP contribution in [0.2, 0.25) is 0 Å². The molecular weight excluding hydrogens is 351 g/mol. The van der Waals surface area contributed by atoms with Crippen molar-refractivity contribution in [2.75, 3.05) is 6.61 Å². The van der Waals surface area contributed by atoms with E-state index in [2.05, 4.69) is 5.10 Å². The predicted molar refractivity (Wildman–Crippen MR) is 83.9 cm³/mol. The van der Waals surface area contributed by atoms with Gasteiger partial charge in [-0.3, -0.25) is 4.79 Å². The van der Waals surface area contributed by atoms with Crippen LogP contribution in [0.1, 0.15) is 31.2 Å². The molecule has 0 unspecified atom stereocenters. The first-order valence-electron chi connectivity index (χ1n) is 8.10. The maximum atomic E-state index is 13.6. The van der Waals surface area contributed by atoms with Gasteiger partial charge in [-0.1, -0.05) is 6.42 Å². The summed E-state index contributed by atoms with van der Waals surface area (Å²) in [4.78, 5) is 12.3. The van der Waals surface area contributed by atoms with Gasteiger partial charge in [-0.2, -0.15) is 28.5 Å². The van der Waals surface area contributed by atoms with Gasteiger partial charge in [0.05, 0.1) is 17.6 Å². The molecule has 0 saturated heterocycles. The summed E-state index contributed by atoms with van der Waals surface area (Å²) in [5.41, 5.74) is -2.76. The molecule has 1 aliphatic carbocycles. The van der Waals surface area contributed by atoms with Crippen molar-refractivity contribution in [3.63, 3.8) is 0 Å². The number of hydrogen-bond donors (Lipinski definition) is 1. The van der Waals surface area contributed by atoms with Crippen molar-refractivity contribution in [2.24, 2.45) is 11.0 Å². The molecule has 1 fully saturated rings. The Labute approximate surface area is 147 Å². The van der Waals surface area contributed by atoms with Gasteiger partial charge in [0.2, 0.25) is 0 Å². The number of rotatable bonds is 3. The van der Waals surface area contributed by atoms with Crippen molar-refractivity contribution in [3.05, 3.63) is 29.8 Å². The highest BCUT2D eigenvalue weighted by Gasteiger charge is 2.68. The molecule has 1 saturated carbocycles. The number of halogens is 3. The topological polar surface area (TPSA) is 85.9 Å². The molecule has 3 rings (SSSR count). The van der Waals surface area contributed by atoms with E-state index in [1.165, 1.54) is 24.3 Å². The molecule has 1 heterocycles. The van der Waals surface area contributed by atoms with Gasteiger partial charge in [-0.05, 0) is 43.5 Å². The molecule has 0 radical (unpaired) electrons. The second kappa shape index (κ2) is 6.61. The Bertz CT molecular complexity index is 770. The van der Waals surface area contributed by atoms with Gasteiger partial charge in [-0.15, -0.1) is 0 Å². The fourth-order valence-corrected chi connectivity index (χ4v) is 3.30. The molecule has 26 heavy (non-hydrogen) atoms. The molecule has 0 aromatic heterocycles. The van der Waals surface area contributed by atoms with Crippen LogP contribution >= 0.6 is 0 Å². The van der Waals surface area contributed by atoms with Crippen LogP contribution in [0.5, 0.6) is 5.75 Å². The molecule has 138 valence electrons. The van der Waals surface area contributed by atoms with E-state index in [4.69, 9.17) is 10.00 Å². The Morgan fingerprint density at radius 2 is 2.08 bits per heavy atom. The first-order chi connectivity index (χ1) is 12.3. The van der Waals surface area contributed by atoms with Crippen molar-refractivity contribution >= 4 is 11.6 Å². The predicted octanol–water partition coefficient (Wildman–Crippen LogP) is 2.58. The minimum Gasteiger partial charge on any atom is -0.484 e. The fraction of sp³-hybridized carbons (Fsp3) is 0.471. The second-order valence-corrected chi connectivity index (χ2v) is 6.24. The number of hydrogen-bond acceptors (Lipinski definition) is 5. The van der Waals surface area contributed by atoms with Crippen LogP contribution in [0.25, 0.3) is 0 Å². The normalized spacial score (nSPS) is 25.3. The SMILES string of the molecule is N#Cc1ccc(OCC(=O)N2N=C3CCCC[C@H]3[C@@]2(O)C(F)(F)F)cc1. The first kappa shape index (κ1) is 18.2. The zero-order valence-corrected chi connectivity index (χ0v) is 13.7. The number of aliphatic hydroxyl groups is 1. The number of fused-ring (bicyclic) bond motifs is 1. The summed E-state index contributed by atoms with van der Waals surface area (Å²) in [6.45, 7) is -0.714. The average Bonchev–Trinajstić information content (AvgIpc) is 2.94. The fourth-order valence-electron chi connectivity index (χ4n) is 3.30. The van der Waals surface area contributed by atoms with E-state index in [9.17, 15) is 23.1 Å². The number of amides is 1. The van der Waals surface area contributed by atoms with Gasteiger partial charge in [-0.25, -0.2) is 0 Å². The lowest BCUT2D eigenvalue weighted by Crippen LogP contribution is -2.62. The van der Waals surface area contributed by atoms with Crippen molar-refractivity contribution < 1.29 is 27.8 Å². The number of ether oxygens (including phenoxy) is 1. The molecular formula is C17H16F3N3O3. The van der Waals surface area contributed by atoms with E-state index in [-0.39, 0.29) is 22.9 Å². The van der Waals surface area contributed by atoms with Crippen molar-refractivity contribution in [3.8, 4) is 11.8 Å². The van der Waals surface area contributed by atoms with E-state index in [1.54, 1.807) is 0 Å². The summed E-state index contributed by atoms with van der Waals surface area (Å²) in [5.74, 6) is -2.11. The van der Waals surface area contributed by atoms with Crippen LogP contribution in [0.15, 0.2) is 29.4 Å². The molecule has 1 N–H and O–H groups in total. The second-order valence-electron chi connectivity index (χ2n) is 6.24. The van der Waals surface area contributed by atoms with Gasteiger partial charge < -0.3 is 9.84 Å². The highest BCUT2D eigenvalue weighted by atomic mass is 19.4. The number of hydrazone groups is 1. The number of carbonyl (C=O) groups excluding carboxylic acids is 1. The Morgan fingerprint density at radius 1 is 1.38 bits per heavy atom. The minimum absolute atomic E-state index is 0.120. The molecule has 1 aliphatic heterocycles. The molecule has 1 aromatic carbocycles. The van der Waals surface area contributed by atoms with Gasteiger partial charge in [0.15, 0.2) is 6.61 Å². The van der Waals surface area contributed by atoms with Crippen molar-refractivity contribution in [1.82, 2.24) is 5.01 Å². The lowest BCUT2D eigenvalue weighted by Gasteiger charge is -2.38. The lowest BCUT2D eigenvalue weighted by molar-refractivity contribution is -0.317. The third-order valence-corrected chi connectivity index (χ3v) is 4.61. The van der Waals surface area contributed by atoms with Crippen LogP contribution in [-0.2, 0) is 4.79 Å². The largest absolute Gasteiger partial charge is 0.484 e. The quantitative estimate of drug-likeness (QED) is 0.890. The smallest absolute Gasteiger partial charge is 0.439 e. The Kier molecular flexibility index (Phi) is 4.63. The summed E-state index contributed by atoms with van der Waals surface area (Å²) in [5, 5.41) is 23.0. The lowest BCUT2D eigenvalue weighted by atomic mass is 9.80. The number of nitrogens with zero attached hydrogens (tertiary/aromatic N) is 3. The minimum atomic E-state index is -5.04. The molecule has 2 atom stereocenters. The van der Waals surface area contributed by atoms with E-state index < -0.39 is 30.3 Å². The summed E-state index contributed by atoms with van der Waals surface area (Å²) in [7, 11) is 0. The third-order valence-electron chi connectivity index (χ3n) is 4.61. The van der Waals surface area contributed by atoms with E-state index in [0.29, 0.717) is 24.8 Å². The third kappa shape index (κ3) is 3.01. The standard InChI is InChI=1S/C17H16F3N3O3/c18-17(19,20)16(25)13-3-1-2-4-14(13)22-23(16)15(24)10-26-12-7-5-11(9-21)6-8-12/h5-8,13,25H,1-4,10H2/t13-,16-/m1/s1. The Morgan fingerprint density at radius 3 is 2.69 bits per heavy atom. The zero-order chi connectivity index (χ0) is 18.9. The summed E-state index contributed by atoms with van der Waals surface area (Å²) < 4.78 is 45.9. The first-order valence-corrected chi connectivity index (χ1v) is 8.10. The zero-order valence-electron chi connectivity index (χ0n) is 13.7. The summed E-state index contributed by atoms with van der Waals surface area (Å²) in [6, 6.07) is 7.68. The van der Waals surface area contributed by atoms with Gasteiger partial charge in [0.25, 0.3) is 11.6 Å². The van der Waals surface area contributed by atoms with Crippen LogP contribution < -0.4 is 4.74 Å². The van der Waals surface area contributed by atoms with Gasteiger partial charge >= 0.3 is 6.18 Å². The van der Waals surface area contributed by atoms with Gasteiger partial charge in [0.1, 0.15) is 5.75 Å². The number of carbonyl (C=O) groups is 1. The summed E-state index contributed by atoms with van der Waals surface area (Å²) in [6.07, 6.45) is -3.39. The maximum absolute atomic E-state index is 13.6. The molecule has 1 aromatic rings. The van der Waals surface area contributed by atoms with Crippen molar-refractivity contribution in [2.45, 2.75) is 37.6 Å². The molecule has 2 aliphatic rings. The van der Waals surface area contributed by atoms with E-state index in [0.717, 1.165) is 0 Å². The molecule has 6 nitrogen and oxygen atoms in total. The number of nitriles is 1. The monoisotopic (exact) mass is 367 g/mol. The number of alkyl halides is 3. The van der Waals surface area contributed by atoms with Crippen LogP contribution in [0.3, 0.4) is 0 Å². The van der Waals surface area contributed by atoms with Gasteiger partial charge in [0, 0.05) is 5.71 Å². The Hall–Kier alpha value is -2.60. The van der Waals surface area contributed by atoms with Crippen molar-refractivity contribution in [1.29, 1.82) is 5.26 Å². The molecule has 9 heteroatoms. The average molecular weight is 367 g/mol. The molecule has 0 bridgehead atoms. The molecule has 1 amide bonds. The highest BCUT2D eigenvalue weighted by Crippen LogP contribution is 2.48. The van der Waals surface area contributed by atoms with E-state index >= 15 is 0 Å².